The number of nitrogens with one attached hydrogen (secondary N) is 3. The Bertz CT molecular complexity index is 925. The highest BCUT2D eigenvalue weighted by Gasteiger charge is 2.13. The minimum atomic E-state index is -0.868. The summed E-state index contributed by atoms with van der Waals surface area (Å²) in [6.07, 6.45) is 2.15. The van der Waals surface area contributed by atoms with Gasteiger partial charge in [-0.25, -0.2) is 5.43 Å². The maximum Gasteiger partial charge on any atom is 0.329 e. The molecule has 0 saturated heterocycles. The summed E-state index contributed by atoms with van der Waals surface area (Å²) in [5, 5.41) is 9.09. The van der Waals surface area contributed by atoms with Gasteiger partial charge >= 0.3 is 11.8 Å². The molecule has 0 aliphatic rings. The van der Waals surface area contributed by atoms with Crippen LogP contribution in [-0.2, 0) is 20.8 Å². The monoisotopic (exact) mass is 410 g/mol. The van der Waals surface area contributed by atoms with Gasteiger partial charge in [0, 0.05) is 17.3 Å². The summed E-state index contributed by atoms with van der Waals surface area (Å²) in [4.78, 5) is 35.5. The lowest BCUT2D eigenvalue weighted by atomic mass is 10.1. The molecule has 30 heavy (non-hydrogen) atoms. The average molecular weight is 410 g/mol. The second kappa shape index (κ2) is 11.4. The third-order valence-corrected chi connectivity index (χ3v) is 3.95. The zero-order valence-electron chi connectivity index (χ0n) is 17.3. The summed E-state index contributed by atoms with van der Waals surface area (Å²) in [7, 11) is 0. The minimum absolute atomic E-state index is 0.156. The Kier molecular flexibility index (Phi) is 8.56. The van der Waals surface area contributed by atoms with E-state index in [1.807, 2.05) is 31.2 Å². The van der Waals surface area contributed by atoms with Crippen molar-refractivity contribution in [3.8, 4) is 5.75 Å². The van der Waals surface area contributed by atoms with Crippen LogP contribution < -0.4 is 20.8 Å². The summed E-state index contributed by atoms with van der Waals surface area (Å²) in [6, 6.07) is 14.3. The fourth-order valence-electron chi connectivity index (χ4n) is 2.54. The second-order valence-corrected chi connectivity index (χ2v) is 6.71. The second-order valence-electron chi connectivity index (χ2n) is 6.71. The third-order valence-electron chi connectivity index (χ3n) is 3.95. The van der Waals surface area contributed by atoms with E-state index in [9.17, 15) is 14.4 Å². The van der Waals surface area contributed by atoms with E-state index < -0.39 is 11.8 Å². The van der Waals surface area contributed by atoms with E-state index in [0.29, 0.717) is 11.3 Å². The molecule has 0 atom stereocenters. The van der Waals surface area contributed by atoms with Crippen molar-refractivity contribution >= 4 is 29.6 Å². The molecule has 3 N–H and O–H groups in total. The summed E-state index contributed by atoms with van der Waals surface area (Å²) < 4.78 is 5.61. The molecule has 0 aliphatic carbocycles. The van der Waals surface area contributed by atoms with Gasteiger partial charge in [-0.3, -0.25) is 14.4 Å². The van der Waals surface area contributed by atoms with Crippen LogP contribution in [-0.4, -0.2) is 36.6 Å². The Morgan fingerprint density at radius 2 is 1.73 bits per heavy atom. The van der Waals surface area contributed by atoms with Crippen molar-refractivity contribution in [2.75, 3.05) is 11.9 Å². The number of nitrogens with zero attached hydrogens (tertiary/aromatic N) is 1. The normalized spacial score (nSPS) is 10.7. The predicted molar refractivity (Wildman–Crippen MR) is 115 cm³/mol. The van der Waals surface area contributed by atoms with Crippen LogP contribution in [0.2, 0.25) is 0 Å². The van der Waals surface area contributed by atoms with Gasteiger partial charge in [-0.15, -0.1) is 0 Å². The van der Waals surface area contributed by atoms with E-state index in [0.717, 1.165) is 17.7 Å². The van der Waals surface area contributed by atoms with Crippen LogP contribution in [0.15, 0.2) is 53.6 Å². The topological polar surface area (TPSA) is 109 Å². The summed E-state index contributed by atoms with van der Waals surface area (Å²) in [5.41, 5.74) is 4.50. The number of rotatable bonds is 8. The Hall–Kier alpha value is -3.68. The molecule has 0 radical (unpaired) electrons. The molecule has 158 valence electrons. The number of hydrazone groups is 1. The van der Waals surface area contributed by atoms with Crippen molar-refractivity contribution in [3.05, 3.63) is 59.7 Å². The van der Waals surface area contributed by atoms with Crippen LogP contribution in [0.4, 0.5) is 5.69 Å². The Morgan fingerprint density at radius 1 is 1.03 bits per heavy atom. The number of amides is 3. The first-order chi connectivity index (χ1) is 14.4. The molecule has 0 saturated carbocycles. The lowest BCUT2D eigenvalue weighted by Crippen LogP contribution is -2.41. The molecule has 0 spiro atoms. The summed E-state index contributed by atoms with van der Waals surface area (Å²) >= 11 is 0. The van der Waals surface area contributed by atoms with Crippen LogP contribution >= 0.6 is 0 Å². The maximum atomic E-state index is 12.3. The van der Waals surface area contributed by atoms with Gasteiger partial charge in [0.1, 0.15) is 5.75 Å². The molecule has 2 aromatic carbocycles. The summed E-state index contributed by atoms with van der Waals surface area (Å²) in [5.74, 6) is -1.51. The standard InChI is InChI=1S/C22H26N4O4/c1-4-16-9-5-7-11-18(16)25-20(27)14-30-19-12-8-6-10-17(19)13-23-26-22(29)21(28)24-15(2)3/h5-13,15H,4,14H2,1-3H3,(H,24,28)(H,25,27)(H,26,29)/b23-13-. The molecule has 0 fully saturated rings. The number of ether oxygens (including phenoxy) is 1. The smallest absolute Gasteiger partial charge is 0.329 e. The van der Waals surface area contributed by atoms with Crippen molar-refractivity contribution in [2.45, 2.75) is 33.2 Å². The highest BCUT2D eigenvalue weighted by atomic mass is 16.5. The zero-order valence-corrected chi connectivity index (χ0v) is 17.3. The van der Waals surface area contributed by atoms with Gasteiger partial charge in [0.05, 0.1) is 6.21 Å². The minimum Gasteiger partial charge on any atom is -0.483 e. The largest absolute Gasteiger partial charge is 0.483 e. The van der Waals surface area contributed by atoms with E-state index in [4.69, 9.17) is 4.74 Å². The lowest BCUT2D eigenvalue weighted by molar-refractivity contribution is -0.139. The Labute approximate surface area is 175 Å². The van der Waals surface area contributed by atoms with Crippen LogP contribution in [0.3, 0.4) is 0 Å². The van der Waals surface area contributed by atoms with Crippen molar-refractivity contribution in [2.24, 2.45) is 5.10 Å². The number of hydrogen-bond donors (Lipinski definition) is 3. The van der Waals surface area contributed by atoms with Crippen molar-refractivity contribution in [3.63, 3.8) is 0 Å². The Morgan fingerprint density at radius 3 is 2.47 bits per heavy atom. The van der Waals surface area contributed by atoms with Gasteiger partial charge in [0.25, 0.3) is 5.91 Å². The van der Waals surface area contributed by atoms with E-state index in [2.05, 4.69) is 21.2 Å². The Balaban J connectivity index is 1.94. The molecule has 8 heteroatoms. The summed E-state index contributed by atoms with van der Waals surface area (Å²) in [6.45, 7) is 5.33. The first-order valence-electron chi connectivity index (χ1n) is 9.64. The molecule has 3 amide bonds. The fourth-order valence-corrected chi connectivity index (χ4v) is 2.54. The van der Waals surface area contributed by atoms with Crippen molar-refractivity contribution < 1.29 is 19.1 Å². The number of carbonyl (C=O) groups is 3. The molecule has 0 heterocycles. The van der Waals surface area contributed by atoms with E-state index in [1.54, 1.807) is 38.1 Å². The molecule has 0 aliphatic heterocycles. The van der Waals surface area contributed by atoms with Crippen molar-refractivity contribution in [1.29, 1.82) is 0 Å². The van der Waals surface area contributed by atoms with Gasteiger partial charge in [-0.05, 0) is 44.0 Å². The van der Waals surface area contributed by atoms with Crippen LogP contribution in [0.5, 0.6) is 5.75 Å². The first kappa shape index (κ1) is 22.6. The van der Waals surface area contributed by atoms with Gasteiger partial charge in [0.15, 0.2) is 6.61 Å². The molecular weight excluding hydrogens is 384 g/mol. The van der Waals surface area contributed by atoms with Gasteiger partial charge < -0.3 is 15.4 Å². The predicted octanol–water partition coefficient (Wildman–Crippen LogP) is 2.24. The molecule has 2 rings (SSSR count). The number of aryl methyl sites for hydroxylation is 1. The van der Waals surface area contributed by atoms with E-state index in [1.165, 1.54) is 6.21 Å². The van der Waals surface area contributed by atoms with Crippen LogP contribution in [0.25, 0.3) is 0 Å². The number of para-hydroxylation sites is 2. The first-order valence-corrected chi connectivity index (χ1v) is 9.64. The number of benzene rings is 2. The third kappa shape index (κ3) is 7.05. The fraction of sp³-hybridized carbons (Fsp3) is 0.273. The maximum absolute atomic E-state index is 12.3. The van der Waals surface area contributed by atoms with Crippen LogP contribution in [0.1, 0.15) is 31.9 Å². The average Bonchev–Trinajstić information content (AvgIpc) is 2.72. The van der Waals surface area contributed by atoms with E-state index >= 15 is 0 Å². The van der Waals surface area contributed by atoms with Crippen LogP contribution in [0, 0.1) is 0 Å². The number of anilines is 1. The molecule has 0 aromatic heterocycles. The molecule has 2 aromatic rings. The molecular formula is C22H26N4O4. The quantitative estimate of drug-likeness (QED) is 0.352. The molecule has 0 unspecified atom stereocenters. The van der Waals surface area contributed by atoms with Crippen molar-refractivity contribution in [1.82, 2.24) is 10.7 Å². The van der Waals surface area contributed by atoms with Gasteiger partial charge in [-0.2, -0.15) is 5.10 Å². The molecule has 8 nitrogen and oxygen atoms in total. The zero-order chi connectivity index (χ0) is 21.9. The SMILES string of the molecule is CCc1ccccc1NC(=O)COc1ccccc1/C=N\NC(=O)C(=O)NC(C)C. The highest BCUT2D eigenvalue weighted by Crippen LogP contribution is 2.17. The highest BCUT2D eigenvalue weighted by molar-refractivity contribution is 6.35. The van der Waals surface area contributed by atoms with Gasteiger partial charge in [0.2, 0.25) is 0 Å². The lowest BCUT2D eigenvalue weighted by Gasteiger charge is -2.11. The van der Waals surface area contributed by atoms with E-state index in [-0.39, 0.29) is 18.6 Å². The molecule has 0 bridgehead atoms. The number of hydrogen-bond acceptors (Lipinski definition) is 5. The van der Waals surface area contributed by atoms with Gasteiger partial charge in [-0.1, -0.05) is 37.3 Å². The number of carbonyl (C=O) groups excluding carboxylic acids is 3.